The maximum absolute atomic E-state index is 11.4. The molecule has 1 fully saturated rings. The minimum atomic E-state index is -0.317. The molecule has 0 aromatic carbocycles. The highest BCUT2D eigenvalue weighted by Gasteiger charge is 2.18. The molecular formula is C10H14N6O. The van der Waals surface area contributed by atoms with Crippen LogP contribution in [0, 0.1) is 0 Å². The second-order valence-corrected chi connectivity index (χ2v) is 4.34. The number of H-pyrrole nitrogens is 1. The van der Waals surface area contributed by atoms with Crippen LogP contribution >= 0.6 is 0 Å². The van der Waals surface area contributed by atoms with Crippen molar-refractivity contribution in [1.82, 2.24) is 19.8 Å². The van der Waals surface area contributed by atoms with Gasteiger partial charge in [-0.1, -0.05) is 0 Å². The molecule has 0 spiro atoms. The van der Waals surface area contributed by atoms with E-state index in [0.29, 0.717) is 5.65 Å². The Labute approximate surface area is 97.2 Å². The zero-order valence-electron chi connectivity index (χ0n) is 9.33. The van der Waals surface area contributed by atoms with Crippen LogP contribution in [0.1, 0.15) is 12.8 Å². The first-order chi connectivity index (χ1) is 8.24. The number of hydrogen-bond donors (Lipinski definition) is 2. The van der Waals surface area contributed by atoms with Crippen molar-refractivity contribution in [1.29, 1.82) is 0 Å². The fraction of sp³-hybridized carbons (Fsp3) is 0.500. The Hall–Kier alpha value is -1.89. The van der Waals surface area contributed by atoms with Crippen LogP contribution in [-0.4, -0.2) is 38.9 Å². The molecule has 1 aliphatic heterocycles. The number of hydrogen-bond acceptors (Lipinski definition) is 5. The minimum absolute atomic E-state index is 0.183. The lowest BCUT2D eigenvalue weighted by Crippen LogP contribution is -2.43. The Morgan fingerprint density at radius 3 is 3.18 bits per heavy atom. The molecular weight excluding hydrogens is 220 g/mol. The Bertz CT molecular complexity index is 588. The molecule has 7 nitrogen and oxygen atoms in total. The lowest BCUT2D eigenvalue weighted by atomic mass is 10.1. The highest BCUT2D eigenvalue weighted by Crippen LogP contribution is 2.16. The number of fused-ring (bicyclic) bond motifs is 1. The Balaban J connectivity index is 1.99. The van der Waals surface area contributed by atoms with E-state index < -0.39 is 0 Å². The van der Waals surface area contributed by atoms with E-state index in [1.54, 1.807) is 6.07 Å². The SMILES string of the molecule is NC1CCCN(c2ccc3n[nH]c(=O)n3n2)C1. The van der Waals surface area contributed by atoms with Gasteiger partial charge in [0.05, 0.1) is 0 Å². The van der Waals surface area contributed by atoms with Gasteiger partial charge in [-0.25, -0.2) is 9.89 Å². The molecule has 0 radical (unpaired) electrons. The number of nitrogens with two attached hydrogens (primary N) is 1. The average Bonchev–Trinajstić information content (AvgIpc) is 2.71. The van der Waals surface area contributed by atoms with Crippen LogP contribution in [0.3, 0.4) is 0 Å². The van der Waals surface area contributed by atoms with Gasteiger partial charge in [-0.15, -0.1) is 5.10 Å². The van der Waals surface area contributed by atoms with Gasteiger partial charge < -0.3 is 10.6 Å². The topological polar surface area (TPSA) is 92.3 Å². The molecule has 0 amide bonds. The first kappa shape index (κ1) is 10.3. The number of piperidine rings is 1. The number of aromatic nitrogens is 4. The van der Waals surface area contributed by atoms with Gasteiger partial charge in [-0.3, -0.25) is 0 Å². The van der Waals surface area contributed by atoms with Gasteiger partial charge in [0.15, 0.2) is 5.65 Å². The Morgan fingerprint density at radius 1 is 1.47 bits per heavy atom. The quantitative estimate of drug-likeness (QED) is 0.683. The van der Waals surface area contributed by atoms with E-state index in [1.807, 2.05) is 6.07 Å². The number of anilines is 1. The summed E-state index contributed by atoms with van der Waals surface area (Å²) in [5, 5.41) is 10.5. The summed E-state index contributed by atoms with van der Waals surface area (Å²) in [4.78, 5) is 13.5. The van der Waals surface area contributed by atoms with Crippen molar-refractivity contribution in [3.8, 4) is 0 Å². The van der Waals surface area contributed by atoms with E-state index in [1.165, 1.54) is 4.52 Å². The maximum atomic E-state index is 11.4. The molecule has 0 saturated carbocycles. The van der Waals surface area contributed by atoms with Crippen molar-refractivity contribution >= 4 is 11.5 Å². The van der Waals surface area contributed by atoms with Crippen LogP contribution in [0.5, 0.6) is 0 Å². The van der Waals surface area contributed by atoms with Crippen molar-refractivity contribution in [3.63, 3.8) is 0 Å². The summed E-state index contributed by atoms with van der Waals surface area (Å²) < 4.78 is 1.27. The largest absolute Gasteiger partial charge is 0.364 e. The van der Waals surface area contributed by atoms with E-state index in [2.05, 4.69) is 20.2 Å². The fourth-order valence-electron chi connectivity index (χ4n) is 2.18. The molecule has 2 aromatic heterocycles. The van der Waals surface area contributed by atoms with Gasteiger partial charge >= 0.3 is 5.69 Å². The molecule has 17 heavy (non-hydrogen) atoms. The van der Waals surface area contributed by atoms with Gasteiger partial charge in [0.25, 0.3) is 0 Å². The standard InChI is InChI=1S/C10H14N6O/c11-7-2-1-5-15(6-7)9-4-3-8-12-13-10(17)16(8)14-9/h3-4,7H,1-2,5-6,11H2,(H,13,17). The van der Waals surface area contributed by atoms with Crippen LogP contribution in [0.15, 0.2) is 16.9 Å². The number of rotatable bonds is 1. The molecule has 7 heteroatoms. The molecule has 3 N–H and O–H groups in total. The summed E-state index contributed by atoms with van der Waals surface area (Å²) in [6.07, 6.45) is 2.10. The third kappa shape index (κ3) is 1.78. The molecule has 0 aliphatic carbocycles. The van der Waals surface area contributed by atoms with Crippen molar-refractivity contribution in [2.24, 2.45) is 5.73 Å². The summed E-state index contributed by atoms with van der Waals surface area (Å²) in [7, 11) is 0. The average molecular weight is 234 g/mol. The predicted molar refractivity (Wildman–Crippen MR) is 63.0 cm³/mol. The Morgan fingerprint density at radius 2 is 2.35 bits per heavy atom. The molecule has 1 atom stereocenters. The van der Waals surface area contributed by atoms with Crippen LogP contribution < -0.4 is 16.3 Å². The maximum Gasteiger partial charge on any atom is 0.364 e. The zero-order valence-corrected chi connectivity index (χ0v) is 9.33. The van der Waals surface area contributed by atoms with Gasteiger partial charge in [0, 0.05) is 19.1 Å². The van der Waals surface area contributed by atoms with Crippen molar-refractivity contribution in [2.45, 2.75) is 18.9 Å². The third-order valence-electron chi connectivity index (χ3n) is 3.04. The van der Waals surface area contributed by atoms with Crippen molar-refractivity contribution in [3.05, 3.63) is 22.6 Å². The zero-order chi connectivity index (χ0) is 11.8. The van der Waals surface area contributed by atoms with Gasteiger partial charge in [0.1, 0.15) is 5.82 Å². The highest BCUT2D eigenvalue weighted by molar-refractivity contribution is 5.45. The second-order valence-electron chi connectivity index (χ2n) is 4.34. The van der Waals surface area contributed by atoms with E-state index in [0.717, 1.165) is 31.7 Å². The van der Waals surface area contributed by atoms with Crippen LogP contribution in [0.2, 0.25) is 0 Å². The molecule has 1 saturated heterocycles. The van der Waals surface area contributed by atoms with Gasteiger partial charge in [-0.05, 0) is 25.0 Å². The highest BCUT2D eigenvalue weighted by atomic mass is 16.2. The first-order valence-corrected chi connectivity index (χ1v) is 5.69. The van der Waals surface area contributed by atoms with Crippen LogP contribution in [0.4, 0.5) is 5.82 Å². The Kier molecular flexibility index (Phi) is 2.32. The molecule has 2 aromatic rings. The molecule has 3 heterocycles. The fourth-order valence-corrected chi connectivity index (χ4v) is 2.18. The number of nitrogens with zero attached hydrogens (tertiary/aromatic N) is 4. The first-order valence-electron chi connectivity index (χ1n) is 5.69. The minimum Gasteiger partial charge on any atom is -0.354 e. The monoisotopic (exact) mass is 234 g/mol. The second kappa shape index (κ2) is 3.85. The number of aromatic amines is 1. The lowest BCUT2D eigenvalue weighted by Gasteiger charge is -2.31. The summed E-state index contributed by atoms with van der Waals surface area (Å²) >= 11 is 0. The summed E-state index contributed by atoms with van der Waals surface area (Å²) in [6.45, 7) is 1.71. The van der Waals surface area contributed by atoms with Gasteiger partial charge in [0.2, 0.25) is 0 Å². The van der Waals surface area contributed by atoms with Gasteiger partial charge in [-0.2, -0.15) is 9.61 Å². The molecule has 1 aliphatic rings. The third-order valence-corrected chi connectivity index (χ3v) is 3.04. The molecule has 90 valence electrons. The summed E-state index contributed by atoms with van der Waals surface area (Å²) in [6, 6.07) is 3.83. The van der Waals surface area contributed by atoms with Crippen molar-refractivity contribution in [2.75, 3.05) is 18.0 Å². The van der Waals surface area contributed by atoms with E-state index >= 15 is 0 Å². The normalized spacial score (nSPS) is 21.0. The van der Waals surface area contributed by atoms with Crippen molar-refractivity contribution < 1.29 is 0 Å². The summed E-state index contributed by atoms with van der Waals surface area (Å²) in [5.74, 6) is 0.774. The summed E-state index contributed by atoms with van der Waals surface area (Å²) in [5.41, 5.74) is 6.14. The molecule has 3 rings (SSSR count). The van der Waals surface area contributed by atoms with E-state index in [-0.39, 0.29) is 11.7 Å². The van der Waals surface area contributed by atoms with Crippen LogP contribution in [0.25, 0.3) is 5.65 Å². The number of nitrogens with one attached hydrogen (secondary N) is 1. The molecule has 1 unspecified atom stereocenters. The predicted octanol–water partition coefficient (Wildman–Crippen LogP) is -0.655. The van der Waals surface area contributed by atoms with E-state index in [4.69, 9.17) is 5.73 Å². The molecule has 0 bridgehead atoms. The van der Waals surface area contributed by atoms with E-state index in [9.17, 15) is 4.79 Å². The smallest absolute Gasteiger partial charge is 0.354 e. The lowest BCUT2D eigenvalue weighted by molar-refractivity contribution is 0.501. The van der Waals surface area contributed by atoms with Crippen LogP contribution in [-0.2, 0) is 0 Å².